The minimum absolute atomic E-state index is 0.654. The zero-order valence-corrected chi connectivity index (χ0v) is 32.6. The highest BCUT2D eigenvalue weighted by Crippen LogP contribution is 2.18. The third-order valence-corrected chi connectivity index (χ3v) is 6.23. The number of aryl methyl sites for hydroxylation is 3. The van der Waals surface area contributed by atoms with Gasteiger partial charge in [0.05, 0.1) is 0 Å². The molecule has 1 heteroatoms. The van der Waals surface area contributed by atoms with Crippen molar-refractivity contribution in [3.05, 3.63) is 148 Å². The standard InChI is InChI=1S/C16H23N.C10H14.C8H10.C7H12.2C2H6/c1-6-7-8-16(12(2)3)17-15-10-13(4)9-14(5)11-15;1-8(2)10-7-5-4-6-9(10)3;1-8-6-4-2-3-5-7-8;1-3-5-7-6-4-2;2*1-2/h7-11,17H,6H2,1-5H3;4-8H,1-3H3;2-4,6-7H,5H2,1H3;3,5-7H,4H2,1-2H3;2*1-2H3/b8-7-;;;5-3-,7-6-;;. The van der Waals surface area contributed by atoms with Gasteiger partial charge in [0.1, 0.15) is 0 Å². The Hall–Kier alpha value is -3.58. The van der Waals surface area contributed by atoms with Crippen molar-refractivity contribution in [2.75, 3.05) is 5.32 Å². The summed E-state index contributed by atoms with van der Waals surface area (Å²) in [6.45, 7) is 31.5. The molecular weight excluding hydrogens is 555 g/mol. The maximum Gasteiger partial charge on any atom is 0.0389 e. The topological polar surface area (TPSA) is 12.0 Å². The quantitative estimate of drug-likeness (QED) is 0.302. The lowest BCUT2D eigenvalue weighted by Crippen LogP contribution is -1.99. The van der Waals surface area contributed by atoms with Crippen LogP contribution in [0.4, 0.5) is 5.69 Å². The molecule has 0 bridgehead atoms. The summed E-state index contributed by atoms with van der Waals surface area (Å²) in [4.78, 5) is 0. The second-order valence-corrected chi connectivity index (χ2v) is 11.1. The summed E-state index contributed by atoms with van der Waals surface area (Å²) in [6, 6.07) is 15.1. The Balaban J connectivity index is -0.000000548. The molecule has 3 rings (SSSR count). The molecule has 0 amide bonds. The van der Waals surface area contributed by atoms with Crippen LogP contribution >= 0.6 is 0 Å². The molecule has 1 nitrogen and oxygen atoms in total. The molecule has 0 unspecified atom stereocenters. The van der Waals surface area contributed by atoms with Crippen molar-refractivity contribution in [1.29, 1.82) is 0 Å². The predicted octanol–water partition coefficient (Wildman–Crippen LogP) is 15.1. The molecule has 2 aromatic carbocycles. The fourth-order valence-corrected chi connectivity index (χ4v) is 4.02. The van der Waals surface area contributed by atoms with E-state index in [1.54, 1.807) is 0 Å². The van der Waals surface area contributed by atoms with E-state index in [-0.39, 0.29) is 0 Å². The predicted molar refractivity (Wildman–Crippen MR) is 216 cm³/mol. The molecule has 256 valence electrons. The third kappa shape index (κ3) is 26.8. The summed E-state index contributed by atoms with van der Waals surface area (Å²) in [5.74, 6) is 0.654. The second kappa shape index (κ2) is 32.8. The van der Waals surface area contributed by atoms with Crippen LogP contribution in [0.3, 0.4) is 0 Å². The van der Waals surface area contributed by atoms with Crippen molar-refractivity contribution in [3.8, 4) is 0 Å². The monoisotopic (exact) mass is 626 g/mol. The first-order valence-corrected chi connectivity index (χ1v) is 17.6. The summed E-state index contributed by atoms with van der Waals surface area (Å²) < 4.78 is 0. The summed E-state index contributed by atoms with van der Waals surface area (Å²) in [5, 5.41) is 3.49. The maximum atomic E-state index is 3.49. The van der Waals surface area contributed by atoms with Crippen molar-refractivity contribution in [2.45, 2.75) is 129 Å². The van der Waals surface area contributed by atoms with Crippen LogP contribution in [0.25, 0.3) is 0 Å². The van der Waals surface area contributed by atoms with E-state index < -0.39 is 0 Å². The highest BCUT2D eigenvalue weighted by molar-refractivity contribution is 5.54. The first-order valence-electron chi connectivity index (χ1n) is 17.6. The van der Waals surface area contributed by atoms with Gasteiger partial charge in [0.25, 0.3) is 0 Å². The molecule has 1 aliphatic carbocycles. The Kier molecular flexibility index (Phi) is 33.4. The van der Waals surface area contributed by atoms with Crippen LogP contribution in [0.5, 0.6) is 0 Å². The summed E-state index contributed by atoms with van der Waals surface area (Å²) >= 11 is 0. The van der Waals surface area contributed by atoms with Gasteiger partial charge in [-0.25, -0.2) is 0 Å². The highest BCUT2D eigenvalue weighted by Gasteiger charge is 2.00. The highest BCUT2D eigenvalue weighted by atomic mass is 14.9. The van der Waals surface area contributed by atoms with E-state index in [1.807, 2.05) is 46.8 Å². The van der Waals surface area contributed by atoms with Crippen LogP contribution in [0.15, 0.2) is 126 Å². The molecule has 0 atom stereocenters. The Morgan fingerprint density at radius 3 is 1.87 bits per heavy atom. The normalized spacial score (nSPS) is 11.3. The van der Waals surface area contributed by atoms with Crippen molar-refractivity contribution < 1.29 is 0 Å². The van der Waals surface area contributed by atoms with Crippen LogP contribution < -0.4 is 5.32 Å². The Morgan fingerprint density at radius 2 is 1.39 bits per heavy atom. The molecule has 0 saturated heterocycles. The van der Waals surface area contributed by atoms with Gasteiger partial charge < -0.3 is 5.32 Å². The molecule has 46 heavy (non-hydrogen) atoms. The van der Waals surface area contributed by atoms with Crippen molar-refractivity contribution in [2.24, 2.45) is 0 Å². The molecule has 1 aliphatic rings. The number of nitrogens with one attached hydrogen (secondary N) is 1. The van der Waals surface area contributed by atoms with Gasteiger partial charge in [0, 0.05) is 11.4 Å². The SMILES string of the molecule is C/C=C\C=C/CC.CC.CC.CC/C=C\C(Nc1cc(C)cc(C)c1)=C(C)C.CC1=CCC=CC=C1.Cc1ccccc1C(C)C. The van der Waals surface area contributed by atoms with Crippen LogP contribution in [0.1, 0.15) is 131 Å². The van der Waals surface area contributed by atoms with Gasteiger partial charge in [0.2, 0.25) is 0 Å². The second-order valence-electron chi connectivity index (χ2n) is 11.1. The minimum atomic E-state index is 0.654. The van der Waals surface area contributed by atoms with Gasteiger partial charge in [0.15, 0.2) is 0 Å². The molecule has 0 fully saturated rings. The van der Waals surface area contributed by atoms with Crippen molar-refractivity contribution in [3.63, 3.8) is 0 Å². The Labute approximate surface area is 287 Å². The number of rotatable bonds is 7. The van der Waals surface area contributed by atoms with E-state index in [4.69, 9.17) is 0 Å². The number of hydrogen-bond acceptors (Lipinski definition) is 1. The number of hydrogen-bond donors (Lipinski definition) is 1. The number of benzene rings is 2. The lowest BCUT2D eigenvalue weighted by molar-refractivity contribution is 0.856. The molecule has 2 aromatic rings. The van der Waals surface area contributed by atoms with E-state index in [9.17, 15) is 0 Å². The average molecular weight is 626 g/mol. The maximum absolute atomic E-state index is 3.49. The van der Waals surface area contributed by atoms with Gasteiger partial charge >= 0.3 is 0 Å². The fourth-order valence-electron chi connectivity index (χ4n) is 4.02. The molecular formula is C45H71N. The van der Waals surface area contributed by atoms with Crippen LogP contribution in [0.2, 0.25) is 0 Å². The summed E-state index contributed by atoms with van der Waals surface area (Å²) in [7, 11) is 0. The molecule has 0 aromatic heterocycles. The molecule has 0 heterocycles. The average Bonchev–Trinajstić information content (AvgIpc) is 3.29. The van der Waals surface area contributed by atoms with Crippen molar-refractivity contribution >= 4 is 5.69 Å². The third-order valence-electron chi connectivity index (χ3n) is 6.23. The Morgan fingerprint density at radius 1 is 0.804 bits per heavy atom. The smallest absolute Gasteiger partial charge is 0.0389 e. The molecule has 0 aliphatic heterocycles. The molecule has 0 radical (unpaired) electrons. The lowest BCUT2D eigenvalue weighted by atomic mass is 9.99. The number of anilines is 1. The summed E-state index contributed by atoms with van der Waals surface area (Å²) in [6.07, 6.45) is 26.5. The van der Waals surface area contributed by atoms with E-state index in [0.29, 0.717) is 5.92 Å². The van der Waals surface area contributed by atoms with E-state index in [1.165, 1.54) is 44.8 Å². The fraction of sp³-hybridized carbons (Fsp3) is 0.422. The van der Waals surface area contributed by atoms with Gasteiger partial charge in [-0.05, 0) is 114 Å². The molecule has 1 N–H and O–H groups in total. The van der Waals surface area contributed by atoms with E-state index in [0.717, 1.165) is 19.3 Å². The van der Waals surface area contributed by atoms with Gasteiger partial charge in [-0.15, -0.1) is 0 Å². The minimum Gasteiger partial charge on any atom is -0.356 e. The lowest BCUT2D eigenvalue weighted by Gasteiger charge is -2.11. The van der Waals surface area contributed by atoms with Crippen LogP contribution in [0, 0.1) is 20.8 Å². The molecule has 0 saturated carbocycles. The van der Waals surface area contributed by atoms with E-state index >= 15 is 0 Å². The van der Waals surface area contributed by atoms with Gasteiger partial charge in [-0.3, -0.25) is 0 Å². The van der Waals surface area contributed by atoms with Gasteiger partial charge in [-0.1, -0.05) is 158 Å². The summed E-state index contributed by atoms with van der Waals surface area (Å²) in [5.41, 5.74) is 10.5. The first kappa shape index (κ1) is 46.8. The zero-order chi connectivity index (χ0) is 35.8. The number of allylic oxidation sites excluding steroid dienone is 13. The molecule has 0 spiro atoms. The zero-order valence-electron chi connectivity index (χ0n) is 32.6. The first-order chi connectivity index (χ1) is 22.0. The van der Waals surface area contributed by atoms with Crippen LogP contribution in [-0.4, -0.2) is 0 Å². The van der Waals surface area contributed by atoms with E-state index in [2.05, 4.69) is 172 Å². The van der Waals surface area contributed by atoms with Gasteiger partial charge in [-0.2, -0.15) is 0 Å². The largest absolute Gasteiger partial charge is 0.356 e. The van der Waals surface area contributed by atoms with Crippen molar-refractivity contribution in [1.82, 2.24) is 0 Å². The Bertz CT molecular complexity index is 1200. The van der Waals surface area contributed by atoms with Crippen LogP contribution in [-0.2, 0) is 0 Å².